The predicted octanol–water partition coefficient (Wildman–Crippen LogP) is -1.46. The molecule has 0 aliphatic rings. The molecule has 1 rings (SSSR count). The van der Waals surface area contributed by atoms with Crippen LogP contribution in [0.1, 0.15) is 38.2 Å². The minimum atomic E-state index is -0.986. The number of nitrogens with two attached hydrogens (primary N) is 2. The molecule has 214 valence electrons. The Labute approximate surface area is 229 Å². The number of amides is 3. The summed E-state index contributed by atoms with van der Waals surface area (Å²) in [6.45, 7) is 9.35. The van der Waals surface area contributed by atoms with E-state index in [2.05, 4.69) is 34.1 Å². The highest BCUT2D eigenvalue weighted by Crippen LogP contribution is 2.14. The molecular weight excluding hydrogens is 504 g/mol. The van der Waals surface area contributed by atoms with Crippen LogP contribution in [0.2, 0.25) is 0 Å². The van der Waals surface area contributed by atoms with Crippen molar-refractivity contribution in [2.24, 2.45) is 11.5 Å². The van der Waals surface area contributed by atoms with E-state index in [4.69, 9.17) is 20.9 Å². The van der Waals surface area contributed by atoms with E-state index in [1.54, 1.807) is 30.3 Å². The molecular formula is C27H41N6O6+. The Hall–Kier alpha value is -4.35. The first-order valence-electron chi connectivity index (χ1n) is 12.6. The number of rotatable bonds is 18. The van der Waals surface area contributed by atoms with Crippen molar-refractivity contribution < 1.29 is 33.6 Å². The van der Waals surface area contributed by atoms with Crippen LogP contribution >= 0.6 is 0 Å². The third-order valence-corrected chi connectivity index (χ3v) is 5.51. The normalized spacial score (nSPS) is 12.6. The fourth-order valence-electron chi connectivity index (χ4n) is 3.61. The lowest BCUT2D eigenvalue weighted by atomic mass is 10.0. The zero-order chi connectivity index (χ0) is 29.2. The summed E-state index contributed by atoms with van der Waals surface area (Å²) in [5, 5.41) is 7.99. The van der Waals surface area contributed by atoms with Crippen LogP contribution in [0.25, 0.3) is 0 Å². The molecule has 8 N–H and O–H groups in total. The smallest absolute Gasteiger partial charge is 0.338 e. The number of unbranched alkanes of at least 4 members (excludes halogenated alkanes) is 1. The van der Waals surface area contributed by atoms with Gasteiger partial charge in [0.15, 0.2) is 0 Å². The van der Waals surface area contributed by atoms with Crippen molar-refractivity contribution in [3.63, 3.8) is 0 Å². The lowest BCUT2D eigenvalue weighted by molar-refractivity contribution is -0.459. The third kappa shape index (κ3) is 13.1. The van der Waals surface area contributed by atoms with Crippen LogP contribution in [0.15, 0.2) is 49.6 Å². The molecule has 3 amide bonds. The van der Waals surface area contributed by atoms with Gasteiger partial charge in [0, 0.05) is 13.3 Å². The highest BCUT2D eigenvalue weighted by Gasteiger charge is 2.29. The fourth-order valence-corrected chi connectivity index (χ4v) is 3.61. The molecule has 0 fully saturated rings. The molecule has 0 spiro atoms. The molecule has 12 nitrogen and oxygen atoms in total. The van der Waals surface area contributed by atoms with Gasteiger partial charge in [0.1, 0.15) is 30.5 Å². The number of methoxy groups -OCH3 is 1. The van der Waals surface area contributed by atoms with E-state index < -0.39 is 41.8 Å². The van der Waals surface area contributed by atoms with E-state index in [9.17, 15) is 19.2 Å². The van der Waals surface area contributed by atoms with Gasteiger partial charge in [-0.2, -0.15) is 0 Å². The monoisotopic (exact) mass is 545 g/mol. The summed E-state index contributed by atoms with van der Waals surface area (Å²) in [6, 6.07) is 4.19. The van der Waals surface area contributed by atoms with Gasteiger partial charge in [-0.3, -0.25) is 30.8 Å². The van der Waals surface area contributed by atoms with Gasteiger partial charge in [0.05, 0.1) is 13.7 Å². The van der Waals surface area contributed by atoms with Crippen LogP contribution in [-0.4, -0.2) is 68.0 Å². The Morgan fingerprint density at radius 2 is 1.59 bits per heavy atom. The van der Waals surface area contributed by atoms with Crippen molar-refractivity contribution in [2.75, 3.05) is 20.3 Å². The molecule has 1 aromatic carbocycles. The highest BCUT2D eigenvalue weighted by atomic mass is 16.5. The van der Waals surface area contributed by atoms with Crippen LogP contribution in [0.3, 0.4) is 0 Å². The first-order valence-corrected chi connectivity index (χ1v) is 12.6. The third-order valence-electron chi connectivity index (χ3n) is 5.51. The zero-order valence-corrected chi connectivity index (χ0v) is 22.7. The van der Waals surface area contributed by atoms with E-state index in [0.717, 1.165) is 5.56 Å². The van der Waals surface area contributed by atoms with E-state index in [0.29, 0.717) is 31.7 Å². The van der Waals surface area contributed by atoms with Crippen LogP contribution in [0.5, 0.6) is 5.75 Å². The number of hydrogen-bond acceptors (Lipinski definition) is 6. The maximum absolute atomic E-state index is 13.3. The molecule has 3 atom stereocenters. The quantitative estimate of drug-likeness (QED) is 0.0424. The molecule has 0 radical (unpaired) electrons. The summed E-state index contributed by atoms with van der Waals surface area (Å²) >= 11 is 0. The van der Waals surface area contributed by atoms with Gasteiger partial charge < -0.3 is 25.4 Å². The number of carbonyl (C=O) groups is 4. The van der Waals surface area contributed by atoms with Crippen molar-refractivity contribution in [3.05, 3.63) is 55.1 Å². The van der Waals surface area contributed by atoms with Crippen molar-refractivity contribution in [2.45, 2.75) is 57.2 Å². The average molecular weight is 546 g/mol. The summed E-state index contributed by atoms with van der Waals surface area (Å²) < 4.78 is 10.2. The van der Waals surface area contributed by atoms with E-state index in [1.807, 2.05) is 0 Å². The van der Waals surface area contributed by atoms with Crippen molar-refractivity contribution in [3.8, 4) is 5.75 Å². The van der Waals surface area contributed by atoms with Crippen LogP contribution in [0, 0.1) is 0 Å². The molecule has 0 unspecified atom stereocenters. The molecule has 1 aromatic rings. The highest BCUT2D eigenvalue weighted by molar-refractivity contribution is 5.93. The first kappa shape index (κ1) is 32.7. The minimum Gasteiger partial charge on any atom is -0.490 e. The predicted molar refractivity (Wildman–Crippen MR) is 147 cm³/mol. The number of esters is 1. The number of ether oxygens (including phenoxy) is 2. The Morgan fingerprint density at radius 3 is 2.15 bits per heavy atom. The zero-order valence-electron chi connectivity index (χ0n) is 22.7. The van der Waals surface area contributed by atoms with E-state index >= 15 is 0 Å². The summed E-state index contributed by atoms with van der Waals surface area (Å²) in [6.07, 6.45) is 4.84. The Bertz CT molecular complexity index is 1010. The number of benzene rings is 1. The standard InChI is InChI=1S/C27H40N6O6/c1-5-9-22(26(37)38-4)33-24(35)21(10-7-8-15-30-27(28)29)32-25(36)23(31-18(3)34)17-19-11-13-20(14-12-19)39-16-6-2/h5-6,11-14,21-23H,1-2,7-10,15-17H2,3-4H3,(H,31,34)(H,32,36)(H,33,35)(H4,28,29,30)/p+1/t21-,22+,23+/m1/s1. The molecule has 0 saturated heterocycles. The summed E-state index contributed by atoms with van der Waals surface area (Å²) in [5.74, 6) is -1.43. The SMILES string of the molecule is C=CCOc1ccc(C[C@H](NC(C)=O)C(=O)N[C@H](CCCC[NH+]=C(N)N)C(=O)N[C@@H](CC=C)C(=O)OC)cc1. The topological polar surface area (TPSA) is 189 Å². The van der Waals surface area contributed by atoms with Gasteiger partial charge in [0.25, 0.3) is 0 Å². The summed E-state index contributed by atoms with van der Waals surface area (Å²) in [7, 11) is 1.22. The summed E-state index contributed by atoms with van der Waals surface area (Å²) in [5.41, 5.74) is 11.6. The molecule has 39 heavy (non-hydrogen) atoms. The van der Waals surface area contributed by atoms with E-state index in [-0.39, 0.29) is 25.2 Å². The van der Waals surface area contributed by atoms with Crippen molar-refractivity contribution >= 4 is 29.7 Å². The average Bonchev–Trinajstić information content (AvgIpc) is 2.90. The second-order valence-corrected chi connectivity index (χ2v) is 8.75. The number of nitrogens with one attached hydrogen (secondary N) is 4. The minimum absolute atomic E-state index is 0.0846. The molecule has 0 bridgehead atoms. The van der Waals surface area contributed by atoms with Gasteiger partial charge >= 0.3 is 11.9 Å². The molecule has 0 aliphatic carbocycles. The van der Waals surface area contributed by atoms with Gasteiger partial charge in [-0.25, -0.2) is 4.79 Å². The second-order valence-electron chi connectivity index (χ2n) is 8.75. The molecule has 0 heterocycles. The Balaban J connectivity index is 3.05. The Kier molecular flexibility index (Phi) is 15.1. The second kappa shape index (κ2) is 18.0. The first-order chi connectivity index (χ1) is 18.6. The fraction of sp³-hybridized carbons (Fsp3) is 0.444. The number of carbonyl (C=O) groups excluding carboxylic acids is 4. The largest absolute Gasteiger partial charge is 0.490 e. The van der Waals surface area contributed by atoms with E-state index in [1.165, 1.54) is 20.1 Å². The number of guanidine groups is 1. The van der Waals surface area contributed by atoms with Crippen LogP contribution in [-0.2, 0) is 30.3 Å². The maximum Gasteiger partial charge on any atom is 0.338 e. The van der Waals surface area contributed by atoms with Gasteiger partial charge in [-0.05, 0) is 43.4 Å². The van der Waals surface area contributed by atoms with Crippen molar-refractivity contribution in [1.29, 1.82) is 0 Å². The lowest BCUT2D eigenvalue weighted by Gasteiger charge is -2.24. The van der Waals surface area contributed by atoms with Crippen molar-refractivity contribution in [1.82, 2.24) is 16.0 Å². The van der Waals surface area contributed by atoms with Crippen LogP contribution in [0.4, 0.5) is 0 Å². The molecule has 0 aromatic heterocycles. The molecule has 12 heteroatoms. The van der Waals surface area contributed by atoms with Crippen LogP contribution < -0.4 is 37.1 Å². The molecule has 0 saturated carbocycles. The molecule has 0 aliphatic heterocycles. The van der Waals surface area contributed by atoms with Gasteiger partial charge in [-0.1, -0.05) is 30.9 Å². The van der Waals surface area contributed by atoms with Gasteiger partial charge in [-0.15, -0.1) is 6.58 Å². The summed E-state index contributed by atoms with van der Waals surface area (Å²) in [4.78, 5) is 53.2. The maximum atomic E-state index is 13.3. The lowest BCUT2D eigenvalue weighted by Crippen LogP contribution is -2.78. The Morgan fingerprint density at radius 1 is 0.949 bits per heavy atom. The van der Waals surface area contributed by atoms with Gasteiger partial charge in [0.2, 0.25) is 17.7 Å². The number of hydrogen-bond donors (Lipinski definition) is 6.